The largest absolute Gasteiger partial charge is 0.456 e. The van der Waals surface area contributed by atoms with Crippen LogP contribution in [0.25, 0.3) is 130 Å². The molecule has 10 aromatic carbocycles. The summed E-state index contributed by atoms with van der Waals surface area (Å²) in [5.74, 6) is 1.89. The van der Waals surface area contributed by atoms with E-state index in [-0.39, 0.29) is 0 Å². The Hall–Kier alpha value is -7.47. The predicted octanol–water partition coefficient (Wildman–Crippen LogP) is 14.9. The normalized spacial score (nSPS) is 12.1. The van der Waals surface area contributed by atoms with Gasteiger partial charge >= 0.3 is 0 Å². The number of benzene rings is 10. The predicted molar refractivity (Wildman–Crippen MR) is 244 cm³/mol. The number of hydrogen-bond donors (Lipinski definition) is 0. The highest BCUT2D eigenvalue weighted by Gasteiger charge is 2.24. The Balaban J connectivity index is 1.21. The molecule has 0 radical (unpaired) electrons. The molecule has 0 aliphatic carbocycles. The van der Waals surface area contributed by atoms with Crippen molar-refractivity contribution in [2.45, 2.75) is 0 Å². The number of nitrogens with zero attached hydrogens (tertiary/aromatic N) is 3. The standard InChI is InChI=1S/C53H29N3OS/c1-2-12-31-25-34(22-21-30(31)11-1)51-54-52(35-23-24-45-41(27-35)39-18-9-10-20-44(39)57-45)56-53(55-51)50-48-40-19-8-7-16-37(40)36-15-5-6-17-38(36)42(48)29-47-49(50)43-26-32-13-3-4-14-33(32)28-46(43)58-47/h1-29H. The number of para-hydroxylation sites is 1. The van der Waals surface area contributed by atoms with Gasteiger partial charge in [0.05, 0.1) is 0 Å². The Labute approximate surface area is 335 Å². The third-order valence-corrected chi connectivity index (χ3v) is 12.9. The molecule has 0 spiro atoms. The second-order valence-corrected chi connectivity index (χ2v) is 16.2. The molecule has 4 nitrogen and oxygen atoms in total. The zero-order valence-corrected chi connectivity index (χ0v) is 31.7. The Morgan fingerprint density at radius 2 is 0.879 bits per heavy atom. The van der Waals surface area contributed by atoms with Gasteiger partial charge in [0.1, 0.15) is 11.2 Å². The van der Waals surface area contributed by atoms with E-state index in [1.807, 2.05) is 29.5 Å². The van der Waals surface area contributed by atoms with Gasteiger partial charge < -0.3 is 4.42 Å². The van der Waals surface area contributed by atoms with Crippen molar-refractivity contribution >= 4 is 107 Å². The van der Waals surface area contributed by atoms with Crippen LogP contribution in [0.4, 0.5) is 0 Å². The first-order valence-electron chi connectivity index (χ1n) is 19.5. The topological polar surface area (TPSA) is 51.8 Å². The van der Waals surface area contributed by atoms with E-state index in [0.717, 1.165) is 54.8 Å². The van der Waals surface area contributed by atoms with E-state index in [1.54, 1.807) is 0 Å². The molecule has 0 unspecified atom stereocenters. The maximum absolute atomic E-state index is 6.25. The average molecular weight is 756 g/mol. The lowest BCUT2D eigenvalue weighted by molar-refractivity contribution is 0.669. The smallest absolute Gasteiger partial charge is 0.165 e. The Kier molecular flexibility index (Phi) is 6.57. The molecule has 0 fully saturated rings. The van der Waals surface area contributed by atoms with Gasteiger partial charge in [0.15, 0.2) is 17.5 Å². The van der Waals surface area contributed by atoms with Crippen molar-refractivity contribution in [3.8, 4) is 34.2 Å². The van der Waals surface area contributed by atoms with E-state index in [2.05, 4.69) is 158 Å². The Bertz CT molecular complexity index is 3880. The SMILES string of the molecule is c1ccc2cc(-c3nc(-c4ccc5oc6ccccc6c5c4)nc(-c4c5c(cc6c7ccccc7c7ccccc7c46)sc4cc6ccccc6cc45)n3)ccc2c1. The van der Waals surface area contributed by atoms with Crippen LogP contribution in [0.5, 0.6) is 0 Å². The van der Waals surface area contributed by atoms with Crippen LogP contribution in [0.15, 0.2) is 180 Å². The zero-order valence-electron chi connectivity index (χ0n) is 30.9. The summed E-state index contributed by atoms with van der Waals surface area (Å²) in [5, 5.41) is 16.4. The van der Waals surface area contributed by atoms with Crippen LogP contribution < -0.4 is 0 Å². The maximum Gasteiger partial charge on any atom is 0.165 e. The minimum absolute atomic E-state index is 0.612. The lowest BCUT2D eigenvalue weighted by Gasteiger charge is -2.16. The van der Waals surface area contributed by atoms with E-state index in [4.69, 9.17) is 19.4 Å². The summed E-state index contributed by atoms with van der Waals surface area (Å²) in [6, 6.07) is 62.7. The number of thiophene rings is 1. The van der Waals surface area contributed by atoms with Gasteiger partial charge in [-0.1, -0.05) is 127 Å². The first kappa shape index (κ1) is 31.7. The van der Waals surface area contributed by atoms with Crippen molar-refractivity contribution in [2.24, 2.45) is 0 Å². The summed E-state index contributed by atoms with van der Waals surface area (Å²) in [4.78, 5) is 16.3. The van der Waals surface area contributed by atoms with Gasteiger partial charge in [0.25, 0.3) is 0 Å². The quantitative estimate of drug-likeness (QED) is 0.169. The van der Waals surface area contributed by atoms with Gasteiger partial charge in [-0.3, -0.25) is 0 Å². The van der Waals surface area contributed by atoms with Crippen molar-refractivity contribution in [3.05, 3.63) is 176 Å². The molecule has 0 bridgehead atoms. The molecule has 0 saturated heterocycles. The van der Waals surface area contributed by atoms with Gasteiger partial charge in [0, 0.05) is 53.0 Å². The number of aromatic nitrogens is 3. The summed E-state index contributed by atoms with van der Waals surface area (Å²) < 4.78 is 8.69. The van der Waals surface area contributed by atoms with Gasteiger partial charge in [-0.15, -0.1) is 11.3 Å². The van der Waals surface area contributed by atoms with Crippen LogP contribution in [0.2, 0.25) is 0 Å². The molecular formula is C53H29N3OS. The maximum atomic E-state index is 6.25. The molecule has 0 aliphatic heterocycles. The van der Waals surface area contributed by atoms with Gasteiger partial charge in [-0.05, 0) is 97.0 Å². The number of hydrogen-bond acceptors (Lipinski definition) is 5. The summed E-state index contributed by atoms with van der Waals surface area (Å²) in [6.07, 6.45) is 0. The van der Waals surface area contributed by atoms with E-state index in [0.29, 0.717) is 17.5 Å². The van der Waals surface area contributed by atoms with Crippen LogP contribution in [-0.2, 0) is 0 Å². The van der Waals surface area contributed by atoms with Crippen molar-refractivity contribution < 1.29 is 4.42 Å². The first-order chi connectivity index (χ1) is 28.7. The third kappa shape index (κ3) is 4.65. The fourth-order valence-electron chi connectivity index (χ4n) is 9.17. The Morgan fingerprint density at radius 3 is 1.66 bits per heavy atom. The molecule has 58 heavy (non-hydrogen) atoms. The molecule has 0 aliphatic rings. The second kappa shape index (κ2) is 12.0. The van der Waals surface area contributed by atoms with Crippen LogP contribution in [0, 0.1) is 0 Å². The highest BCUT2D eigenvalue weighted by Crippen LogP contribution is 2.49. The molecule has 13 aromatic rings. The number of furan rings is 1. The molecule has 13 rings (SSSR count). The van der Waals surface area contributed by atoms with Crippen LogP contribution in [-0.4, -0.2) is 15.0 Å². The van der Waals surface area contributed by atoms with E-state index >= 15 is 0 Å². The average Bonchev–Trinajstić information content (AvgIpc) is 3.84. The monoisotopic (exact) mass is 755 g/mol. The molecule has 5 heteroatoms. The van der Waals surface area contributed by atoms with Gasteiger partial charge in [0.2, 0.25) is 0 Å². The second-order valence-electron chi connectivity index (χ2n) is 15.1. The lowest BCUT2D eigenvalue weighted by atomic mass is 9.89. The molecule has 0 saturated carbocycles. The fourth-order valence-corrected chi connectivity index (χ4v) is 10.4. The summed E-state index contributed by atoms with van der Waals surface area (Å²) >= 11 is 1.84. The Morgan fingerprint density at radius 1 is 0.328 bits per heavy atom. The van der Waals surface area contributed by atoms with Crippen LogP contribution in [0.1, 0.15) is 0 Å². The van der Waals surface area contributed by atoms with Crippen LogP contribution >= 0.6 is 11.3 Å². The number of fused-ring (bicyclic) bond motifs is 14. The highest BCUT2D eigenvalue weighted by atomic mass is 32.1. The van der Waals surface area contributed by atoms with Crippen molar-refractivity contribution in [3.63, 3.8) is 0 Å². The van der Waals surface area contributed by atoms with Gasteiger partial charge in [-0.2, -0.15) is 0 Å². The minimum Gasteiger partial charge on any atom is -0.456 e. The molecular weight excluding hydrogens is 727 g/mol. The third-order valence-electron chi connectivity index (χ3n) is 11.8. The molecule has 268 valence electrons. The molecule has 0 atom stereocenters. The summed E-state index contributed by atoms with van der Waals surface area (Å²) in [6.45, 7) is 0. The van der Waals surface area contributed by atoms with Gasteiger partial charge in [-0.25, -0.2) is 15.0 Å². The highest BCUT2D eigenvalue weighted by molar-refractivity contribution is 7.26. The fraction of sp³-hybridized carbons (Fsp3) is 0. The van der Waals surface area contributed by atoms with Crippen molar-refractivity contribution in [1.82, 2.24) is 15.0 Å². The summed E-state index contributed by atoms with van der Waals surface area (Å²) in [5.41, 5.74) is 4.55. The van der Waals surface area contributed by atoms with E-state index < -0.39 is 0 Å². The van der Waals surface area contributed by atoms with E-state index in [1.165, 1.54) is 57.9 Å². The number of rotatable bonds is 3. The molecule has 3 heterocycles. The minimum atomic E-state index is 0.612. The van der Waals surface area contributed by atoms with Crippen molar-refractivity contribution in [1.29, 1.82) is 0 Å². The van der Waals surface area contributed by atoms with Crippen LogP contribution in [0.3, 0.4) is 0 Å². The molecule has 0 N–H and O–H groups in total. The zero-order chi connectivity index (χ0) is 37.9. The molecule has 0 amide bonds. The summed E-state index contributed by atoms with van der Waals surface area (Å²) in [7, 11) is 0. The molecule has 3 aromatic heterocycles. The van der Waals surface area contributed by atoms with E-state index in [9.17, 15) is 0 Å². The first-order valence-corrected chi connectivity index (χ1v) is 20.3. The lowest BCUT2D eigenvalue weighted by Crippen LogP contribution is -2.01. The van der Waals surface area contributed by atoms with Crippen molar-refractivity contribution in [2.75, 3.05) is 0 Å².